The van der Waals surface area contributed by atoms with Crippen molar-refractivity contribution in [3.05, 3.63) is 0 Å². The molecule has 0 saturated heterocycles. The second-order valence-corrected chi connectivity index (χ2v) is 9.03. The molecule has 0 saturated carbocycles. The van der Waals surface area contributed by atoms with Gasteiger partial charge in [0.25, 0.3) is 0 Å². The van der Waals surface area contributed by atoms with Gasteiger partial charge in [-0.15, -0.1) is 0 Å². The van der Waals surface area contributed by atoms with Crippen LogP contribution in [0.3, 0.4) is 0 Å². The Balaban J connectivity index is 3.25. The third kappa shape index (κ3) is 20.1. The number of carbonyl (C=O) groups excluding carboxylic acids is 1. The van der Waals surface area contributed by atoms with Gasteiger partial charge in [-0.05, 0) is 6.42 Å². The maximum absolute atomic E-state index is 11.7. The largest absolute Gasteiger partial charge is 0.460 e. The van der Waals surface area contributed by atoms with Crippen molar-refractivity contribution in [1.82, 2.24) is 0 Å². The SMILES string of the molecule is CCCCCCCCCCCCCCCCCC(=O)OCC[N+](C)(C)CCO. The van der Waals surface area contributed by atoms with Crippen LogP contribution in [0.4, 0.5) is 0 Å². The number of hydrogen-bond donors (Lipinski definition) is 1. The zero-order valence-electron chi connectivity index (χ0n) is 19.4. The van der Waals surface area contributed by atoms with Gasteiger partial charge < -0.3 is 14.3 Å². The Morgan fingerprint density at radius 3 is 1.57 bits per heavy atom. The highest BCUT2D eigenvalue weighted by Gasteiger charge is 2.14. The molecule has 0 aromatic rings. The maximum atomic E-state index is 11.7. The molecule has 0 amide bonds. The monoisotopic (exact) mass is 400 g/mol. The summed E-state index contributed by atoms with van der Waals surface area (Å²) in [6.45, 7) is 4.34. The second kappa shape index (κ2) is 19.7. The van der Waals surface area contributed by atoms with E-state index < -0.39 is 0 Å². The van der Waals surface area contributed by atoms with E-state index >= 15 is 0 Å². The Morgan fingerprint density at radius 2 is 1.14 bits per heavy atom. The van der Waals surface area contributed by atoms with Crippen LogP contribution < -0.4 is 0 Å². The summed E-state index contributed by atoms with van der Waals surface area (Å²) in [5.74, 6) is -0.0707. The number of ether oxygens (including phenoxy) is 1. The molecule has 0 aromatic heterocycles. The molecule has 0 rings (SSSR count). The van der Waals surface area contributed by atoms with Crippen molar-refractivity contribution in [2.24, 2.45) is 0 Å². The first-order chi connectivity index (χ1) is 13.5. The number of nitrogens with zero attached hydrogens (tertiary/aromatic N) is 1. The van der Waals surface area contributed by atoms with Crippen LogP contribution in [-0.4, -0.2) is 56.0 Å². The van der Waals surface area contributed by atoms with Gasteiger partial charge in [-0.25, -0.2) is 0 Å². The summed E-state index contributed by atoms with van der Waals surface area (Å²) < 4.78 is 5.99. The van der Waals surface area contributed by atoms with Gasteiger partial charge in [0, 0.05) is 6.42 Å². The van der Waals surface area contributed by atoms with Gasteiger partial charge in [-0.1, -0.05) is 96.8 Å². The topological polar surface area (TPSA) is 46.5 Å². The Hall–Kier alpha value is -0.610. The van der Waals surface area contributed by atoms with E-state index in [1.165, 1.54) is 83.5 Å². The summed E-state index contributed by atoms with van der Waals surface area (Å²) in [4.78, 5) is 11.7. The van der Waals surface area contributed by atoms with Gasteiger partial charge in [0.15, 0.2) is 0 Å². The van der Waals surface area contributed by atoms with Crippen LogP contribution in [0.5, 0.6) is 0 Å². The molecule has 0 aliphatic heterocycles. The molecule has 0 aromatic carbocycles. The smallest absolute Gasteiger partial charge is 0.305 e. The van der Waals surface area contributed by atoms with Crippen molar-refractivity contribution in [2.45, 2.75) is 110 Å². The van der Waals surface area contributed by atoms with Gasteiger partial charge in [0.1, 0.15) is 19.7 Å². The van der Waals surface area contributed by atoms with E-state index in [-0.39, 0.29) is 12.6 Å². The minimum Gasteiger partial charge on any atom is -0.460 e. The minimum atomic E-state index is -0.0707. The molecular weight excluding hydrogens is 350 g/mol. The van der Waals surface area contributed by atoms with E-state index in [9.17, 15) is 4.79 Å². The lowest BCUT2D eigenvalue weighted by atomic mass is 10.0. The van der Waals surface area contributed by atoms with E-state index in [1.54, 1.807) is 0 Å². The number of aliphatic hydroxyl groups excluding tert-OH is 1. The van der Waals surface area contributed by atoms with Crippen LogP contribution in [0.25, 0.3) is 0 Å². The van der Waals surface area contributed by atoms with E-state index in [0.29, 0.717) is 24.1 Å². The number of likely N-dealkylation sites (N-methyl/N-ethyl adjacent to an activating group) is 1. The molecule has 0 bridgehead atoms. The average Bonchev–Trinajstić information content (AvgIpc) is 2.64. The average molecular weight is 401 g/mol. The van der Waals surface area contributed by atoms with Gasteiger partial charge in [0.2, 0.25) is 0 Å². The lowest BCUT2D eigenvalue weighted by Crippen LogP contribution is -2.44. The first-order valence-corrected chi connectivity index (χ1v) is 12.1. The molecule has 0 heterocycles. The van der Waals surface area contributed by atoms with Gasteiger partial charge in [0.05, 0.1) is 20.7 Å². The Kier molecular flexibility index (Phi) is 19.3. The Labute approximate surface area is 175 Å². The normalized spacial score (nSPS) is 11.7. The van der Waals surface area contributed by atoms with Crippen molar-refractivity contribution < 1.29 is 19.1 Å². The molecule has 28 heavy (non-hydrogen) atoms. The van der Waals surface area contributed by atoms with E-state index in [2.05, 4.69) is 6.92 Å². The molecule has 1 N–H and O–H groups in total. The van der Waals surface area contributed by atoms with Gasteiger partial charge in [-0.2, -0.15) is 0 Å². The van der Waals surface area contributed by atoms with Crippen molar-refractivity contribution >= 4 is 5.97 Å². The molecule has 168 valence electrons. The van der Waals surface area contributed by atoms with Crippen LogP contribution in [0, 0.1) is 0 Å². The van der Waals surface area contributed by atoms with E-state index in [4.69, 9.17) is 9.84 Å². The molecule has 0 radical (unpaired) electrons. The predicted octanol–water partition coefficient (Wildman–Crippen LogP) is 5.86. The lowest BCUT2D eigenvalue weighted by molar-refractivity contribution is -0.890. The molecule has 0 aliphatic rings. The Morgan fingerprint density at radius 1 is 0.714 bits per heavy atom. The number of carbonyl (C=O) groups is 1. The number of quaternary nitrogens is 1. The zero-order valence-corrected chi connectivity index (χ0v) is 19.4. The van der Waals surface area contributed by atoms with Crippen molar-refractivity contribution in [2.75, 3.05) is 40.4 Å². The number of esters is 1. The number of aliphatic hydroxyl groups is 1. The molecule has 4 nitrogen and oxygen atoms in total. The minimum absolute atomic E-state index is 0.0707. The second-order valence-electron chi connectivity index (χ2n) is 9.03. The molecule has 0 aliphatic carbocycles. The standard InChI is InChI=1S/C24H50NO3/c1-4-5-6-7-8-9-10-11-12-13-14-15-16-17-18-19-24(27)28-23-21-25(2,3)20-22-26/h26H,4-23H2,1-3H3/q+1. The van der Waals surface area contributed by atoms with Gasteiger partial charge >= 0.3 is 5.97 Å². The molecule has 0 unspecified atom stereocenters. The predicted molar refractivity (Wildman–Crippen MR) is 119 cm³/mol. The quantitative estimate of drug-likeness (QED) is 0.149. The van der Waals surface area contributed by atoms with Crippen LogP contribution in [0.15, 0.2) is 0 Å². The fourth-order valence-corrected chi connectivity index (χ4v) is 3.50. The zero-order chi connectivity index (χ0) is 20.9. The van der Waals surface area contributed by atoms with E-state index in [0.717, 1.165) is 19.4 Å². The highest BCUT2D eigenvalue weighted by Crippen LogP contribution is 2.13. The third-order valence-corrected chi connectivity index (χ3v) is 5.65. The molecule has 0 atom stereocenters. The molecular formula is C24H50NO3+. The van der Waals surface area contributed by atoms with Crippen molar-refractivity contribution in [3.8, 4) is 0 Å². The van der Waals surface area contributed by atoms with Crippen molar-refractivity contribution in [1.29, 1.82) is 0 Å². The highest BCUT2D eigenvalue weighted by molar-refractivity contribution is 5.69. The first-order valence-electron chi connectivity index (χ1n) is 12.1. The summed E-state index contributed by atoms with van der Waals surface area (Å²) in [5.41, 5.74) is 0. The number of rotatable bonds is 21. The summed E-state index contributed by atoms with van der Waals surface area (Å²) >= 11 is 0. The van der Waals surface area contributed by atoms with Crippen LogP contribution >= 0.6 is 0 Å². The summed E-state index contributed by atoms with van der Waals surface area (Å²) in [5, 5.41) is 8.99. The van der Waals surface area contributed by atoms with Crippen LogP contribution in [0.2, 0.25) is 0 Å². The first kappa shape index (κ1) is 27.4. The van der Waals surface area contributed by atoms with Crippen molar-refractivity contribution in [3.63, 3.8) is 0 Å². The summed E-state index contributed by atoms with van der Waals surface area (Å²) in [6, 6.07) is 0. The van der Waals surface area contributed by atoms with E-state index in [1.807, 2.05) is 14.1 Å². The number of hydrogen-bond acceptors (Lipinski definition) is 3. The van der Waals surface area contributed by atoms with Gasteiger partial charge in [-0.3, -0.25) is 4.79 Å². The van der Waals surface area contributed by atoms with Crippen LogP contribution in [-0.2, 0) is 9.53 Å². The highest BCUT2D eigenvalue weighted by atomic mass is 16.5. The summed E-state index contributed by atoms with van der Waals surface area (Å²) in [7, 11) is 4.08. The molecule has 0 spiro atoms. The maximum Gasteiger partial charge on any atom is 0.305 e. The number of unbranched alkanes of at least 4 members (excludes halogenated alkanes) is 14. The fraction of sp³-hybridized carbons (Fsp3) is 0.958. The fourth-order valence-electron chi connectivity index (χ4n) is 3.50. The Bertz CT molecular complexity index is 345. The molecule has 4 heteroatoms. The third-order valence-electron chi connectivity index (χ3n) is 5.65. The molecule has 0 fully saturated rings. The lowest BCUT2D eigenvalue weighted by Gasteiger charge is -2.28. The van der Waals surface area contributed by atoms with Crippen LogP contribution in [0.1, 0.15) is 110 Å². The summed E-state index contributed by atoms with van der Waals surface area (Å²) in [6.07, 6.45) is 20.6.